The van der Waals surface area contributed by atoms with E-state index in [1.165, 1.54) is 20.5 Å². The maximum absolute atomic E-state index is 12.1. The zero-order chi connectivity index (χ0) is 14.4. The quantitative estimate of drug-likeness (QED) is 0.767. The van der Waals surface area contributed by atoms with Crippen LogP contribution in [0.4, 0.5) is 0 Å². The third-order valence-corrected chi connectivity index (χ3v) is 2.58. The second-order valence-corrected chi connectivity index (χ2v) is 4.33. The van der Waals surface area contributed by atoms with E-state index in [-0.39, 0.29) is 18.1 Å². The molecule has 0 fully saturated rings. The molecule has 7 nitrogen and oxygen atoms in total. The number of ether oxygens (including phenoxy) is 2. The number of esters is 1. The van der Waals surface area contributed by atoms with Gasteiger partial charge in [0.1, 0.15) is 23.6 Å². The second kappa shape index (κ2) is 6.89. The highest BCUT2D eigenvalue weighted by Crippen LogP contribution is 2.10. The molecule has 0 spiro atoms. The molecule has 106 valence electrons. The monoisotopic (exact) mass is 270 g/mol. The Labute approximate surface area is 111 Å². The lowest BCUT2D eigenvalue weighted by molar-refractivity contribution is -0.144. The van der Waals surface area contributed by atoms with Gasteiger partial charge in [-0.15, -0.1) is 0 Å². The fourth-order valence-electron chi connectivity index (χ4n) is 1.53. The Hall–Kier alpha value is -1.89. The molecule has 0 aliphatic heterocycles. The fraction of sp³-hybridized carbons (Fsp3) is 0.583. The molecule has 1 unspecified atom stereocenters. The highest BCUT2D eigenvalue weighted by molar-refractivity contribution is 5.97. The van der Waals surface area contributed by atoms with Crippen molar-refractivity contribution >= 4 is 11.9 Å². The highest BCUT2D eigenvalue weighted by atomic mass is 16.5. The van der Waals surface area contributed by atoms with E-state index in [9.17, 15) is 9.59 Å². The van der Waals surface area contributed by atoms with Gasteiger partial charge in [-0.05, 0) is 5.92 Å². The molecule has 19 heavy (non-hydrogen) atoms. The van der Waals surface area contributed by atoms with E-state index in [0.717, 1.165) is 0 Å². The standard InChI is InChI=1S/C12H18N2O5/c1-7(2)10(12(16)18-4)13-11(15)8-5-19-14-9(8)6-17-3/h5,7,10H,6H2,1-4H3,(H,13,15). The summed E-state index contributed by atoms with van der Waals surface area (Å²) in [6.07, 6.45) is 1.22. The molecule has 1 aromatic heterocycles. The van der Waals surface area contributed by atoms with Crippen LogP contribution >= 0.6 is 0 Å². The number of nitrogens with zero attached hydrogens (tertiary/aromatic N) is 1. The largest absolute Gasteiger partial charge is 0.467 e. The molecular formula is C12H18N2O5. The van der Waals surface area contributed by atoms with Crippen molar-refractivity contribution in [3.05, 3.63) is 17.5 Å². The molecule has 0 saturated heterocycles. The van der Waals surface area contributed by atoms with Crippen LogP contribution < -0.4 is 5.32 Å². The van der Waals surface area contributed by atoms with E-state index in [4.69, 9.17) is 9.26 Å². The van der Waals surface area contributed by atoms with Gasteiger partial charge in [-0.2, -0.15) is 0 Å². The van der Waals surface area contributed by atoms with Gasteiger partial charge in [-0.3, -0.25) is 4.79 Å². The SMILES string of the molecule is COCc1nocc1C(=O)NC(C(=O)OC)C(C)C. The molecule has 1 heterocycles. The first-order chi connectivity index (χ1) is 9.01. The Balaban J connectivity index is 2.82. The van der Waals surface area contributed by atoms with E-state index in [2.05, 4.69) is 15.2 Å². The molecule has 1 amide bonds. The van der Waals surface area contributed by atoms with E-state index < -0.39 is 17.9 Å². The first-order valence-corrected chi connectivity index (χ1v) is 5.82. The average molecular weight is 270 g/mol. The van der Waals surface area contributed by atoms with Crippen LogP contribution in [-0.4, -0.2) is 37.3 Å². The molecule has 0 aliphatic rings. The van der Waals surface area contributed by atoms with Crippen molar-refractivity contribution < 1.29 is 23.6 Å². The molecular weight excluding hydrogens is 252 g/mol. The molecule has 1 aromatic rings. The number of amides is 1. The first kappa shape index (κ1) is 15.2. The first-order valence-electron chi connectivity index (χ1n) is 5.82. The number of carbonyl (C=O) groups excluding carboxylic acids is 2. The van der Waals surface area contributed by atoms with Gasteiger partial charge in [0.2, 0.25) is 0 Å². The highest BCUT2D eigenvalue weighted by Gasteiger charge is 2.27. The summed E-state index contributed by atoms with van der Waals surface area (Å²) in [5.74, 6) is -1.03. The van der Waals surface area contributed by atoms with Crippen molar-refractivity contribution in [1.29, 1.82) is 0 Å². The van der Waals surface area contributed by atoms with Crippen LogP contribution in [0.2, 0.25) is 0 Å². The van der Waals surface area contributed by atoms with Gasteiger partial charge in [0.15, 0.2) is 0 Å². The van der Waals surface area contributed by atoms with Gasteiger partial charge in [0.05, 0.1) is 13.7 Å². The topological polar surface area (TPSA) is 90.7 Å². The van der Waals surface area contributed by atoms with Gasteiger partial charge in [0, 0.05) is 7.11 Å². The maximum Gasteiger partial charge on any atom is 0.328 e. The lowest BCUT2D eigenvalue weighted by Crippen LogP contribution is -2.45. The van der Waals surface area contributed by atoms with Crippen molar-refractivity contribution in [3.63, 3.8) is 0 Å². The number of methoxy groups -OCH3 is 2. The van der Waals surface area contributed by atoms with Gasteiger partial charge in [0.25, 0.3) is 5.91 Å². The summed E-state index contributed by atoms with van der Waals surface area (Å²) in [4.78, 5) is 23.6. The molecule has 0 saturated carbocycles. The summed E-state index contributed by atoms with van der Waals surface area (Å²) in [6, 6.07) is -0.720. The van der Waals surface area contributed by atoms with Crippen LogP contribution in [-0.2, 0) is 20.9 Å². The lowest BCUT2D eigenvalue weighted by Gasteiger charge is -2.19. The Kier molecular flexibility index (Phi) is 5.50. The van der Waals surface area contributed by atoms with Gasteiger partial charge >= 0.3 is 5.97 Å². The Bertz CT molecular complexity index is 441. The van der Waals surface area contributed by atoms with Crippen molar-refractivity contribution in [1.82, 2.24) is 10.5 Å². The van der Waals surface area contributed by atoms with E-state index in [1.807, 2.05) is 13.8 Å². The third-order valence-electron chi connectivity index (χ3n) is 2.58. The van der Waals surface area contributed by atoms with E-state index >= 15 is 0 Å². The van der Waals surface area contributed by atoms with Crippen LogP contribution in [0.3, 0.4) is 0 Å². The number of hydrogen-bond acceptors (Lipinski definition) is 6. The van der Waals surface area contributed by atoms with Crippen LogP contribution in [0.25, 0.3) is 0 Å². The summed E-state index contributed by atoms with van der Waals surface area (Å²) in [6.45, 7) is 3.78. The zero-order valence-corrected chi connectivity index (χ0v) is 11.4. The van der Waals surface area contributed by atoms with Gasteiger partial charge in [-0.25, -0.2) is 4.79 Å². The Morgan fingerprint density at radius 3 is 2.63 bits per heavy atom. The zero-order valence-electron chi connectivity index (χ0n) is 11.4. The molecule has 0 aliphatic carbocycles. The van der Waals surface area contributed by atoms with E-state index in [1.54, 1.807) is 0 Å². The predicted octanol–water partition coefficient (Wildman–Crippen LogP) is 0.748. The van der Waals surface area contributed by atoms with Crippen molar-refractivity contribution in [2.75, 3.05) is 14.2 Å². The second-order valence-electron chi connectivity index (χ2n) is 4.33. The number of rotatable bonds is 6. The van der Waals surface area contributed by atoms with Gasteiger partial charge < -0.3 is 19.3 Å². The van der Waals surface area contributed by atoms with Crippen molar-refractivity contribution in [3.8, 4) is 0 Å². The number of aromatic nitrogens is 1. The molecule has 7 heteroatoms. The minimum Gasteiger partial charge on any atom is -0.467 e. The van der Waals surface area contributed by atoms with Crippen LogP contribution in [0.1, 0.15) is 29.9 Å². The number of hydrogen-bond donors (Lipinski definition) is 1. The summed E-state index contributed by atoms with van der Waals surface area (Å²) >= 11 is 0. The summed E-state index contributed by atoms with van der Waals surface area (Å²) in [5.41, 5.74) is 0.628. The Morgan fingerprint density at radius 2 is 2.11 bits per heavy atom. The Morgan fingerprint density at radius 1 is 1.42 bits per heavy atom. The lowest BCUT2D eigenvalue weighted by atomic mass is 10.0. The number of carbonyl (C=O) groups is 2. The normalized spacial score (nSPS) is 12.3. The molecule has 1 rings (SSSR count). The number of nitrogens with one attached hydrogen (secondary N) is 1. The minimum absolute atomic E-state index is 0.0952. The summed E-state index contributed by atoms with van der Waals surface area (Å²) < 4.78 is 14.3. The molecule has 0 bridgehead atoms. The fourth-order valence-corrected chi connectivity index (χ4v) is 1.53. The molecule has 1 atom stereocenters. The van der Waals surface area contributed by atoms with Crippen molar-refractivity contribution in [2.45, 2.75) is 26.5 Å². The van der Waals surface area contributed by atoms with Crippen LogP contribution in [0, 0.1) is 5.92 Å². The molecule has 1 N–H and O–H groups in total. The van der Waals surface area contributed by atoms with E-state index in [0.29, 0.717) is 5.69 Å². The van der Waals surface area contributed by atoms with Crippen LogP contribution in [0.15, 0.2) is 10.8 Å². The predicted molar refractivity (Wildman–Crippen MR) is 65.3 cm³/mol. The summed E-state index contributed by atoms with van der Waals surface area (Å²) in [7, 11) is 2.77. The van der Waals surface area contributed by atoms with Crippen LogP contribution in [0.5, 0.6) is 0 Å². The maximum atomic E-state index is 12.1. The molecule has 0 radical (unpaired) electrons. The van der Waals surface area contributed by atoms with Crippen molar-refractivity contribution in [2.24, 2.45) is 5.92 Å². The molecule has 0 aromatic carbocycles. The summed E-state index contributed by atoms with van der Waals surface area (Å²) in [5, 5.41) is 6.27. The third kappa shape index (κ3) is 3.78. The minimum atomic E-state index is -0.720. The smallest absolute Gasteiger partial charge is 0.328 e. The average Bonchev–Trinajstić information content (AvgIpc) is 2.83. The van der Waals surface area contributed by atoms with Gasteiger partial charge in [-0.1, -0.05) is 19.0 Å².